The van der Waals surface area contributed by atoms with Crippen molar-refractivity contribution in [1.29, 1.82) is 5.26 Å². The molecule has 0 aromatic heterocycles. The number of amides is 2. The molecular formula is C13H15N3O3. The highest BCUT2D eigenvalue weighted by Crippen LogP contribution is 2.18. The molecule has 0 aliphatic carbocycles. The van der Waals surface area contributed by atoms with E-state index in [1.807, 2.05) is 6.07 Å². The van der Waals surface area contributed by atoms with Crippen LogP contribution in [0.25, 0.3) is 0 Å². The van der Waals surface area contributed by atoms with Crippen molar-refractivity contribution in [1.82, 2.24) is 5.32 Å². The van der Waals surface area contributed by atoms with Gasteiger partial charge in [-0.2, -0.15) is 5.26 Å². The summed E-state index contributed by atoms with van der Waals surface area (Å²) in [5, 5.41) is 20.2. The predicted molar refractivity (Wildman–Crippen MR) is 69.8 cm³/mol. The fraction of sp³-hybridized carbons (Fsp3) is 0.308. The van der Waals surface area contributed by atoms with Crippen molar-refractivity contribution >= 4 is 17.7 Å². The quantitative estimate of drug-likeness (QED) is 0.860. The molecule has 1 aromatic rings. The number of carbonyl (C=O) groups is 2. The molecule has 1 atom stereocenters. The van der Waals surface area contributed by atoms with Crippen molar-refractivity contribution in [3.63, 3.8) is 0 Å². The summed E-state index contributed by atoms with van der Waals surface area (Å²) < 4.78 is 0. The van der Waals surface area contributed by atoms with Crippen molar-refractivity contribution in [3.05, 3.63) is 29.8 Å². The zero-order valence-electron chi connectivity index (χ0n) is 10.8. The average molecular weight is 261 g/mol. The molecule has 1 unspecified atom stereocenters. The zero-order chi connectivity index (χ0) is 14.4. The van der Waals surface area contributed by atoms with Gasteiger partial charge in [0.05, 0.1) is 11.3 Å². The van der Waals surface area contributed by atoms with Gasteiger partial charge in [-0.3, -0.25) is 4.90 Å². The maximum absolute atomic E-state index is 11.9. The van der Waals surface area contributed by atoms with E-state index in [-0.39, 0.29) is 6.42 Å². The summed E-state index contributed by atoms with van der Waals surface area (Å²) in [6, 6.07) is 7.10. The first-order chi connectivity index (χ1) is 9.01. The number of nitriles is 1. The molecule has 0 saturated carbocycles. The number of rotatable bonds is 4. The Kier molecular flexibility index (Phi) is 4.89. The SMILES string of the molecule is CCC(NC(=O)N(C)c1ccccc1C#N)C(=O)O. The van der Waals surface area contributed by atoms with Crippen LogP contribution in [0.15, 0.2) is 24.3 Å². The average Bonchev–Trinajstić information content (AvgIpc) is 2.43. The van der Waals surface area contributed by atoms with Crippen molar-refractivity contribution in [2.45, 2.75) is 19.4 Å². The van der Waals surface area contributed by atoms with Crippen LogP contribution in [0, 0.1) is 11.3 Å². The van der Waals surface area contributed by atoms with Gasteiger partial charge in [-0.15, -0.1) is 0 Å². The minimum Gasteiger partial charge on any atom is -0.480 e. The molecule has 2 amide bonds. The van der Waals surface area contributed by atoms with Crippen LogP contribution < -0.4 is 10.2 Å². The van der Waals surface area contributed by atoms with Gasteiger partial charge in [0.15, 0.2) is 0 Å². The lowest BCUT2D eigenvalue weighted by molar-refractivity contribution is -0.139. The topological polar surface area (TPSA) is 93.4 Å². The van der Waals surface area contributed by atoms with Crippen LogP contribution in [0.5, 0.6) is 0 Å². The normalized spacial score (nSPS) is 11.2. The molecule has 0 bridgehead atoms. The highest BCUT2D eigenvalue weighted by molar-refractivity contribution is 5.95. The van der Waals surface area contributed by atoms with Crippen LogP contribution in [0.3, 0.4) is 0 Å². The van der Waals surface area contributed by atoms with Gasteiger partial charge in [0.25, 0.3) is 0 Å². The lowest BCUT2D eigenvalue weighted by atomic mass is 10.2. The molecule has 1 aromatic carbocycles. The summed E-state index contributed by atoms with van der Waals surface area (Å²) in [6.07, 6.45) is 0.287. The number of benzene rings is 1. The Labute approximate surface area is 111 Å². The van der Waals surface area contributed by atoms with Crippen LogP contribution in [0.2, 0.25) is 0 Å². The van der Waals surface area contributed by atoms with Crippen LogP contribution in [0.1, 0.15) is 18.9 Å². The van der Waals surface area contributed by atoms with Gasteiger partial charge < -0.3 is 10.4 Å². The molecule has 0 spiro atoms. The highest BCUT2D eigenvalue weighted by atomic mass is 16.4. The minimum atomic E-state index is -1.09. The van der Waals surface area contributed by atoms with Crippen molar-refractivity contribution in [3.8, 4) is 6.07 Å². The number of nitrogens with one attached hydrogen (secondary N) is 1. The van der Waals surface area contributed by atoms with Gasteiger partial charge in [0.2, 0.25) is 0 Å². The molecule has 100 valence electrons. The molecule has 1 rings (SSSR count). The Balaban J connectivity index is 2.88. The zero-order valence-corrected chi connectivity index (χ0v) is 10.8. The Bertz CT molecular complexity index is 522. The number of hydrogen-bond donors (Lipinski definition) is 2. The number of para-hydroxylation sites is 1. The number of carboxylic acids is 1. The third-order valence-electron chi connectivity index (χ3n) is 2.69. The van der Waals surface area contributed by atoms with E-state index in [2.05, 4.69) is 5.32 Å². The van der Waals surface area contributed by atoms with E-state index in [0.29, 0.717) is 11.3 Å². The van der Waals surface area contributed by atoms with E-state index in [4.69, 9.17) is 10.4 Å². The molecule has 0 heterocycles. The van der Waals surface area contributed by atoms with E-state index in [0.717, 1.165) is 0 Å². The van der Waals surface area contributed by atoms with Gasteiger partial charge >= 0.3 is 12.0 Å². The molecule has 0 fully saturated rings. The summed E-state index contributed by atoms with van der Waals surface area (Å²) in [4.78, 5) is 24.0. The number of aliphatic carboxylic acids is 1. The number of hydrogen-bond acceptors (Lipinski definition) is 3. The first kappa shape index (κ1) is 14.5. The van der Waals surface area contributed by atoms with Crippen molar-refractivity contribution < 1.29 is 14.7 Å². The largest absolute Gasteiger partial charge is 0.480 e. The summed E-state index contributed by atoms with van der Waals surface area (Å²) in [5.74, 6) is -1.09. The van der Waals surface area contributed by atoms with Gasteiger partial charge in [0, 0.05) is 7.05 Å². The van der Waals surface area contributed by atoms with Gasteiger partial charge in [-0.1, -0.05) is 19.1 Å². The second kappa shape index (κ2) is 6.40. The van der Waals surface area contributed by atoms with E-state index >= 15 is 0 Å². The van der Waals surface area contributed by atoms with E-state index in [1.165, 1.54) is 11.9 Å². The van der Waals surface area contributed by atoms with Crippen LogP contribution in [0.4, 0.5) is 10.5 Å². The maximum Gasteiger partial charge on any atom is 0.326 e. The summed E-state index contributed by atoms with van der Waals surface area (Å²) in [5.41, 5.74) is 0.784. The van der Waals surface area contributed by atoms with E-state index in [1.54, 1.807) is 31.2 Å². The third kappa shape index (κ3) is 3.45. The summed E-state index contributed by atoms with van der Waals surface area (Å²) in [6.45, 7) is 1.67. The highest BCUT2D eigenvalue weighted by Gasteiger charge is 2.21. The van der Waals surface area contributed by atoms with Gasteiger partial charge in [-0.05, 0) is 18.6 Å². The van der Waals surface area contributed by atoms with Gasteiger partial charge in [0.1, 0.15) is 12.1 Å². The third-order valence-corrected chi connectivity index (χ3v) is 2.69. The summed E-state index contributed by atoms with van der Waals surface area (Å²) in [7, 11) is 1.49. The standard InChI is InChI=1S/C13H15N3O3/c1-3-10(12(17)18)15-13(19)16(2)11-7-5-4-6-9(11)8-14/h4-7,10H,3H2,1-2H3,(H,15,19)(H,17,18). The van der Waals surface area contributed by atoms with Crippen molar-refractivity contribution in [2.24, 2.45) is 0 Å². The molecule has 0 radical (unpaired) electrons. The maximum atomic E-state index is 11.9. The van der Waals surface area contributed by atoms with Crippen LogP contribution in [-0.4, -0.2) is 30.2 Å². The fourth-order valence-corrected chi connectivity index (χ4v) is 1.55. The number of nitrogens with zero attached hydrogens (tertiary/aromatic N) is 2. The molecular weight excluding hydrogens is 246 g/mol. The first-order valence-electron chi connectivity index (χ1n) is 5.77. The molecule has 0 aliphatic rings. The molecule has 0 aliphatic heterocycles. The fourth-order valence-electron chi connectivity index (χ4n) is 1.55. The number of urea groups is 1. The lowest BCUT2D eigenvalue weighted by Crippen LogP contribution is -2.46. The second-order valence-electron chi connectivity index (χ2n) is 3.94. The molecule has 0 saturated heterocycles. The monoisotopic (exact) mass is 261 g/mol. The summed E-state index contributed by atoms with van der Waals surface area (Å²) >= 11 is 0. The van der Waals surface area contributed by atoms with Crippen LogP contribution >= 0.6 is 0 Å². The number of carboxylic acid groups (broad SMARTS) is 1. The molecule has 2 N–H and O–H groups in total. The van der Waals surface area contributed by atoms with E-state index in [9.17, 15) is 9.59 Å². The second-order valence-corrected chi connectivity index (χ2v) is 3.94. The van der Waals surface area contributed by atoms with Crippen molar-refractivity contribution in [2.75, 3.05) is 11.9 Å². The number of anilines is 1. The minimum absolute atomic E-state index is 0.287. The Morgan fingerprint density at radius 2 is 2.11 bits per heavy atom. The Hall–Kier alpha value is -2.55. The predicted octanol–water partition coefficient (Wildman–Crippen LogP) is 1.57. The smallest absolute Gasteiger partial charge is 0.326 e. The lowest BCUT2D eigenvalue weighted by Gasteiger charge is -2.21. The van der Waals surface area contributed by atoms with Gasteiger partial charge in [-0.25, -0.2) is 9.59 Å². The Morgan fingerprint density at radius 1 is 1.47 bits per heavy atom. The van der Waals surface area contributed by atoms with Crippen LogP contribution in [-0.2, 0) is 4.79 Å². The molecule has 6 heteroatoms. The Morgan fingerprint density at radius 3 is 2.63 bits per heavy atom. The van der Waals surface area contributed by atoms with E-state index < -0.39 is 18.0 Å². The molecule has 19 heavy (non-hydrogen) atoms. The first-order valence-corrected chi connectivity index (χ1v) is 5.77. The molecule has 6 nitrogen and oxygen atoms in total. The number of carbonyl (C=O) groups excluding carboxylic acids is 1.